The largest absolute Gasteiger partial charge is 0.213 e. The van der Waals surface area contributed by atoms with Crippen LogP contribution in [-0.4, -0.2) is 25.8 Å². The second-order valence-electron chi connectivity index (χ2n) is 5.63. The van der Waals surface area contributed by atoms with Crippen molar-refractivity contribution in [3.8, 4) is 11.4 Å². The Hall–Kier alpha value is -1.62. The third kappa shape index (κ3) is 2.50. The van der Waals surface area contributed by atoms with Crippen LogP contribution in [0.15, 0.2) is 40.6 Å². The van der Waals surface area contributed by atoms with Crippen LogP contribution < -0.4 is 0 Å². The van der Waals surface area contributed by atoms with Crippen LogP contribution in [0.3, 0.4) is 0 Å². The highest BCUT2D eigenvalue weighted by atomic mass is 32.2. The van der Waals surface area contributed by atoms with Gasteiger partial charge in [0.1, 0.15) is 0 Å². The Morgan fingerprint density at radius 2 is 1.86 bits per heavy atom. The number of hydrogen-bond donors (Lipinski definition) is 0. The van der Waals surface area contributed by atoms with Gasteiger partial charge in [-0.1, -0.05) is 61.4 Å². The van der Waals surface area contributed by atoms with E-state index in [2.05, 4.69) is 22.3 Å². The number of rotatable bonds is 1. The molecule has 4 rings (SSSR count). The van der Waals surface area contributed by atoms with E-state index in [1.807, 2.05) is 34.6 Å². The van der Waals surface area contributed by atoms with Gasteiger partial charge in [0.15, 0.2) is 5.82 Å². The summed E-state index contributed by atoms with van der Waals surface area (Å²) in [6, 6.07) is 10.2. The Balaban J connectivity index is 1.73. The molecule has 2 heterocycles. The molecule has 0 bridgehead atoms. The van der Waals surface area contributed by atoms with E-state index < -0.39 is 0 Å². The maximum atomic E-state index is 4.89. The molecule has 0 amide bonds. The Morgan fingerprint density at radius 3 is 2.76 bits per heavy atom. The van der Waals surface area contributed by atoms with Crippen LogP contribution in [0.5, 0.6) is 0 Å². The Morgan fingerprint density at radius 1 is 1.00 bits per heavy atom. The molecule has 4 nitrogen and oxygen atoms in total. The smallest absolute Gasteiger partial charge is 0.187 e. The molecule has 1 atom stereocenters. The predicted octanol–water partition coefficient (Wildman–Crippen LogP) is 3.98. The van der Waals surface area contributed by atoms with Crippen molar-refractivity contribution in [2.24, 2.45) is 5.10 Å². The number of fused-ring (bicyclic) bond motifs is 2. The van der Waals surface area contributed by atoms with Crippen LogP contribution in [0.4, 0.5) is 0 Å². The number of aromatic nitrogens is 3. The molecule has 2 aliphatic rings. The van der Waals surface area contributed by atoms with Gasteiger partial charge in [0.05, 0.1) is 11.0 Å². The molecule has 1 aromatic heterocycles. The van der Waals surface area contributed by atoms with Crippen molar-refractivity contribution in [3.05, 3.63) is 30.3 Å². The summed E-state index contributed by atoms with van der Waals surface area (Å²) in [6.45, 7) is 0. The summed E-state index contributed by atoms with van der Waals surface area (Å²) in [5.74, 6) is 0.853. The zero-order valence-corrected chi connectivity index (χ0v) is 12.7. The molecule has 1 unspecified atom stereocenters. The van der Waals surface area contributed by atoms with E-state index in [-0.39, 0.29) is 0 Å². The lowest BCUT2D eigenvalue weighted by atomic mass is 9.99. The second-order valence-corrected chi connectivity index (χ2v) is 6.80. The van der Waals surface area contributed by atoms with Gasteiger partial charge >= 0.3 is 0 Å². The molecular weight excluding hydrogens is 280 g/mol. The fourth-order valence-corrected chi connectivity index (χ4v) is 4.17. The van der Waals surface area contributed by atoms with Gasteiger partial charge in [-0.05, 0) is 19.3 Å². The third-order valence-electron chi connectivity index (χ3n) is 4.14. The number of hydrogen-bond acceptors (Lipinski definition) is 4. The van der Waals surface area contributed by atoms with Crippen molar-refractivity contribution < 1.29 is 0 Å². The molecule has 0 radical (unpaired) electrons. The topological polar surface area (TPSA) is 43.1 Å². The highest BCUT2D eigenvalue weighted by Gasteiger charge is 2.28. The molecule has 1 aliphatic carbocycles. The highest BCUT2D eigenvalue weighted by molar-refractivity contribution is 8.00. The van der Waals surface area contributed by atoms with E-state index in [0.29, 0.717) is 5.25 Å². The standard InChI is InChI=1S/C16H18N4S/c1-2-7-11-14-13(10-6-1)19-20-15(17-18-16(20)21-14)12-8-4-3-5-9-12/h3-5,8-9,14H,1-2,6-7,10-11H2. The molecule has 0 saturated heterocycles. The van der Waals surface area contributed by atoms with Gasteiger partial charge in [-0.15, -0.1) is 10.2 Å². The van der Waals surface area contributed by atoms with E-state index in [1.165, 1.54) is 37.8 Å². The van der Waals surface area contributed by atoms with E-state index in [1.54, 1.807) is 0 Å². The second kappa shape index (κ2) is 5.64. The molecule has 21 heavy (non-hydrogen) atoms. The molecule has 108 valence electrons. The SMILES string of the molecule is c1ccc(-c2nnc3n2N=C2CCCCCCC2S3)cc1. The highest BCUT2D eigenvalue weighted by Crippen LogP contribution is 2.35. The fourth-order valence-electron chi connectivity index (χ4n) is 3.01. The van der Waals surface area contributed by atoms with Crippen LogP contribution in [-0.2, 0) is 0 Å². The van der Waals surface area contributed by atoms with E-state index in [0.717, 1.165) is 23.0 Å². The van der Waals surface area contributed by atoms with Crippen LogP contribution in [0.25, 0.3) is 11.4 Å². The lowest BCUT2D eigenvalue weighted by Gasteiger charge is -2.24. The summed E-state index contributed by atoms with van der Waals surface area (Å²) in [5.41, 5.74) is 2.40. The summed E-state index contributed by atoms with van der Waals surface area (Å²) in [7, 11) is 0. The molecular formula is C16H18N4S. The van der Waals surface area contributed by atoms with E-state index in [4.69, 9.17) is 5.10 Å². The monoisotopic (exact) mass is 298 g/mol. The summed E-state index contributed by atoms with van der Waals surface area (Å²) in [6.07, 6.45) is 7.58. The number of thioether (sulfide) groups is 1. The first kappa shape index (κ1) is 13.1. The summed E-state index contributed by atoms with van der Waals surface area (Å²) in [4.78, 5) is 0. The Bertz CT molecular complexity index is 662. The zero-order chi connectivity index (χ0) is 14.1. The minimum Gasteiger partial charge on any atom is -0.187 e. The zero-order valence-electron chi connectivity index (χ0n) is 11.9. The van der Waals surface area contributed by atoms with Gasteiger partial charge in [0.2, 0.25) is 5.16 Å². The van der Waals surface area contributed by atoms with Crippen molar-refractivity contribution in [2.75, 3.05) is 0 Å². The molecule has 2 aromatic rings. The minimum atomic E-state index is 0.505. The van der Waals surface area contributed by atoms with Crippen LogP contribution >= 0.6 is 11.8 Å². The van der Waals surface area contributed by atoms with Gasteiger partial charge in [-0.25, -0.2) is 0 Å². The van der Waals surface area contributed by atoms with Crippen molar-refractivity contribution >= 4 is 17.5 Å². The van der Waals surface area contributed by atoms with Gasteiger partial charge in [0.25, 0.3) is 0 Å². The molecule has 1 aliphatic heterocycles. The lowest BCUT2D eigenvalue weighted by Crippen LogP contribution is -2.24. The van der Waals surface area contributed by atoms with Gasteiger partial charge < -0.3 is 0 Å². The maximum absolute atomic E-state index is 4.89. The van der Waals surface area contributed by atoms with E-state index >= 15 is 0 Å². The fraction of sp³-hybridized carbons (Fsp3) is 0.438. The average molecular weight is 298 g/mol. The van der Waals surface area contributed by atoms with Crippen LogP contribution in [0.1, 0.15) is 38.5 Å². The first-order chi connectivity index (χ1) is 10.4. The Labute approximate surface area is 128 Å². The van der Waals surface area contributed by atoms with Crippen LogP contribution in [0, 0.1) is 0 Å². The summed E-state index contributed by atoms with van der Waals surface area (Å²) < 4.78 is 1.94. The Kier molecular flexibility index (Phi) is 3.51. The summed E-state index contributed by atoms with van der Waals surface area (Å²) >= 11 is 1.84. The number of nitrogens with zero attached hydrogens (tertiary/aromatic N) is 4. The van der Waals surface area contributed by atoms with Crippen molar-refractivity contribution in [1.29, 1.82) is 0 Å². The van der Waals surface area contributed by atoms with Crippen LogP contribution in [0.2, 0.25) is 0 Å². The molecule has 5 heteroatoms. The lowest BCUT2D eigenvalue weighted by molar-refractivity contribution is 0.599. The quantitative estimate of drug-likeness (QED) is 0.800. The molecule has 1 saturated carbocycles. The first-order valence-corrected chi connectivity index (χ1v) is 8.55. The van der Waals surface area contributed by atoms with Crippen molar-refractivity contribution in [2.45, 2.75) is 48.9 Å². The van der Waals surface area contributed by atoms with Crippen molar-refractivity contribution in [1.82, 2.24) is 14.9 Å². The first-order valence-electron chi connectivity index (χ1n) is 7.67. The van der Waals surface area contributed by atoms with E-state index in [9.17, 15) is 0 Å². The predicted molar refractivity (Wildman–Crippen MR) is 85.6 cm³/mol. The van der Waals surface area contributed by atoms with Gasteiger partial charge in [-0.3, -0.25) is 0 Å². The molecule has 0 spiro atoms. The maximum Gasteiger partial charge on any atom is 0.213 e. The molecule has 0 N–H and O–H groups in total. The van der Waals surface area contributed by atoms with Crippen molar-refractivity contribution in [3.63, 3.8) is 0 Å². The minimum absolute atomic E-state index is 0.505. The van der Waals surface area contributed by atoms with Gasteiger partial charge in [0, 0.05) is 5.56 Å². The normalized spacial score (nSPS) is 21.7. The molecule has 1 fully saturated rings. The van der Waals surface area contributed by atoms with Gasteiger partial charge in [-0.2, -0.15) is 9.78 Å². The molecule has 1 aromatic carbocycles. The average Bonchev–Trinajstić information content (AvgIpc) is 2.91. The third-order valence-corrected chi connectivity index (χ3v) is 5.40. The summed E-state index contributed by atoms with van der Waals surface area (Å²) in [5, 5.41) is 15.0. The number of benzene rings is 1.